The van der Waals surface area contributed by atoms with Gasteiger partial charge in [-0.15, -0.1) is 0 Å². The number of methoxy groups -OCH3 is 1. The van der Waals surface area contributed by atoms with Crippen molar-refractivity contribution >= 4 is 5.96 Å². The average Bonchev–Trinajstić information content (AvgIpc) is 3.19. The van der Waals surface area contributed by atoms with Gasteiger partial charge in [-0.3, -0.25) is 9.89 Å². The Morgan fingerprint density at radius 2 is 2.13 bits per heavy atom. The van der Waals surface area contributed by atoms with Gasteiger partial charge in [0.2, 0.25) is 0 Å². The van der Waals surface area contributed by atoms with Crippen LogP contribution in [0.5, 0.6) is 0 Å². The molecule has 6 heteroatoms. The van der Waals surface area contributed by atoms with Crippen molar-refractivity contribution in [2.45, 2.75) is 38.8 Å². The fraction of sp³-hybridized carbons (Fsp3) is 0.706. The summed E-state index contributed by atoms with van der Waals surface area (Å²) in [6, 6.07) is 4.57. The van der Waals surface area contributed by atoms with Crippen LogP contribution in [0, 0.1) is 6.92 Å². The van der Waals surface area contributed by atoms with Crippen molar-refractivity contribution in [2.75, 3.05) is 40.4 Å². The summed E-state index contributed by atoms with van der Waals surface area (Å²) in [7, 11) is 3.49. The quantitative estimate of drug-likeness (QED) is 0.593. The first-order valence-corrected chi connectivity index (χ1v) is 8.40. The topological polar surface area (TPSA) is 62.0 Å². The predicted octanol–water partition coefficient (Wildman–Crippen LogP) is 1.92. The van der Waals surface area contributed by atoms with Crippen molar-refractivity contribution < 1.29 is 9.15 Å². The van der Waals surface area contributed by atoms with E-state index < -0.39 is 0 Å². The molecule has 1 saturated heterocycles. The van der Waals surface area contributed by atoms with E-state index in [0.717, 1.165) is 37.1 Å². The molecule has 1 aliphatic heterocycles. The van der Waals surface area contributed by atoms with Crippen LogP contribution in [-0.4, -0.2) is 57.3 Å². The second kappa shape index (κ2) is 8.93. The zero-order valence-electron chi connectivity index (χ0n) is 14.8. The molecule has 23 heavy (non-hydrogen) atoms. The number of furan rings is 1. The minimum atomic E-state index is 0.210. The Kier molecular flexibility index (Phi) is 6.92. The zero-order valence-corrected chi connectivity index (χ0v) is 14.8. The highest BCUT2D eigenvalue weighted by Gasteiger charge is 2.26. The summed E-state index contributed by atoms with van der Waals surface area (Å²) in [5.74, 6) is 2.78. The molecule has 0 bridgehead atoms. The molecule has 0 aromatic carbocycles. The van der Waals surface area contributed by atoms with Gasteiger partial charge in [-0.25, -0.2) is 0 Å². The molecule has 2 rings (SSSR count). The smallest absolute Gasteiger partial charge is 0.191 e. The molecule has 1 fully saturated rings. The molecule has 0 radical (unpaired) electrons. The maximum absolute atomic E-state index is 5.88. The molecular formula is C17H30N4O2. The Labute approximate surface area is 139 Å². The maximum atomic E-state index is 5.88. The monoisotopic (exact) mass is 322 g/mol. The van der Waals surface area contributed by atoms with Gasteiger partial charge in [0.25, 0.3) is 0 Å². The lowest BCUT2D eigenvalue weighted by atomic mass is 10.2. The minimum Gasteiger partial charge on any atom is -0.465 e. The number of ether oxygens (including phenoxy) is 1. The van der Waals surface area contributed by atoms with Crippen molar-refractivity contribution in [3.8, 4) is 0 Å². The summed E-state index contributed by atoms with van der Waals surface area (Å²) < 4.78 is 11.0. The van der Waals surface area contributed by atoms with E-state index in [9.17, 15) is 0 Å². The number of hydrogen-bond acceptors (Lipinski definition) is 4. The minimum absolute atomic E-state index is 0.210. The molecule has 1 aliphatic rings. The van der Waals surface area contributed by atoms with Gasteiger partial charge < -0.3 is 19.8 Å². The van der Waals surface area contributed by atoms with Crippen LogP contribution in [0.3, 0.4) is 0 Å². The molecule has 0 aliphatic carbocycles. The van der Waals surface area contributed by atoms with Gasteiger partial charge >= 0.3 is 0 Å². The maximum Gasteiger partial charge on any atom is 0.191 e. The fourth-order valence-corrected chi connectivity index (χ4v) is 3.01. The SMILES string of the molecule is CN=C(NCC(c1ccc(C)o1)N1CCCC1)NC(C)COC. The van der Waals surface area contributed by atoms with Gasteiger partial charge in [0, 0.05) is 26.7 Å². The Morgan fingerprint density at radius 3 is 2.70 bits per heavy atom. The van der Waals surface area contributed by atoms with Crippen LogP contribution in [0.1, 0.15) is 37.3 Å². The average molecular weight is 322 g/mol. The van der Waals surface area contributed by atoms with E-state index in [1.807, 2.05) is 13.0 Å². The third kappa shape index (κ3) is 5.25. The molecule has 2 unspecified atom stereocenters. The van der Waals surface area contributed by atoms with E-state index in [2.05, 4.69) is 33.5 Å². The first kappa shape index (κ1) is 17.8. The summed E-state index contributed by atoms with van der Waals surface area (Å²) >= 11 is 0. The van der Waals surface area contributed by atoms with Gasteiger partial charge in [0.1, 0.15) is 11.5 Å². The lowest BCUT2D eigenvalue weighted by molar-refractivity contribution is 0.178. The fourth-order valence-electron chi connectivity index (χ4n) is 3.01. The molecule has 6 nitrogen and oxygen atoms in total. The first-order valence-electron chi connectivity index (χ1n) is 8.40. The number of likely N-dealkylation sites (tertiary alicyclic amines) is 1. The Morgan fingerprint density at radius 1 is 1.39 bits per heavy atom. The van der Waals surface area contributed by atoms with Gasteiger partial charge in [-0.1, -0.05) is 0 Å². The molecule has 130 valence electrons. The van der Waals surface area contributed by atoms with E-state index >= 15 is 0 Å². The second-order valence-electron chi connectivity index (χ2n) is 6.16. The molecule has 1 aromatic heterocycles. The van der Waals surface area contributed by atoms with E-state index in [1.54, 1.807) is 14.2 Å². The van der Waals surface area contributed by atoms with Crippen LogP contribution in [0.15, 0.2) is 21.5 Å². The largest absolute Gasteiger partial charge is 0.465 e. The molecule has 2 N–H and O–H groups in total. The summed E-state index contributed by atoms with van der Waals surface area (Å²) in [4.78, 5) is 6.78. The molecule has 0 saturated carbocycles. The number of nitrogens with zero attached hydrogens (tertiary/aromatic N) is 2. The van der Waals surface area contributed by atoms with Crippen molar-refractivity contribution in [3.05, 3.63) is 23.7 Å². The standard InChI is InChI=1S/C17H30N4O2/c1-13(12-22-4)20-17(18-3)19-11-15(21-9-5-6-10-21)16-8-7-14(2)23-16/h7-8,13,15H,5-6,9-12H2,1-4H3,(H2,18,19,20). The summed E-state index contributed by atoms with van der Waals surface area (Å²) in [5, 5.41) is 6.76. The highest BCUT2D eigenvalue weighted by molar-refractivity contribution is 5.79. The first-order chi connectivity index (χ1) is 11.1. The highest BCUT2D eigenvalue weighted by atomic mass is 16.5. The molecular weight excluding hydrogens is 292 g/mol. The Bertz CT molecular complexity index is 495. The number of hydrogen-bond donors (Lipinski definition) is 2. The lowest BCUT2D eigenvalue weighted by Crippen LogP contribution is -2.46. The van der Waals surface area contributed by atoms with Crippen LogP contribution in [-0.2, 0) is 4.74 Å². The van der Waals surface area contributed by atoms with Crippen molar-refractivity contribution in [1.82, 2.24) is 15.5 Å². The zero-order chi connectivity index (χ0) is 16.7. The van der Waals surface area contributed by atoms with E-state index in [0.29, 0.717) is 6.61 Å². The Balaban J connectivity index is 1.97. The number of guanidine groups is 1. The van der Waals surface area contributed by atoms with E-state index in [1.165, 1.54) is 12.8 Å². The highest BCUT2D eigenvalue weighted by Crippen LogP contribution is 2.26. The molecule has 0 amide bonds. The number of aliphatic imine (C=N–C) groups is 1. The van der Waals surface area contributed by atoms with Gasteiger partial charge in [-0.2, -0.15) is 0 Å². The molecule has 2 atom stereocenters. The van der Waals surface area contributed by atoms with E-state index in [-0.39, 0.29) is 12.1 Å². The molecule has 0 spiro atoms. The van der Waals surface area contributed by atoms with E-state index in [4.69, 9.17) is 9.15 Å². The molecule has 2 heterocycles. The summed E-state index contributed by atoms with van der Waals surface area (Å²) in [6.45, 7) is 7.73. The second-order valence-corrected chi connectivity index (χ2v) is 6.16. The summed E-state index contributed by atoms with van der Waals surface area (Å²) in [5.41, 5.74) is 0. The lowest BCUT2D eigenvalue weighted by Gasteiger charge is -2.27. The molecule has 1 aromatic rings. The van der Waals surface area contributed by atoms with Crippen molar-refractivity contribution in [3.63, 3.8) is 0 Å². The van der Waals surface area contributed by atoms with Gasteiger partial charge in [0.05, 0.1) is 12.6 Å². The van der Waals surface area contributed by atoms with Gasteiger partial charge in [0.15, 0.2) is 5.96 Å². The van der Waals surface area contributed by atoms with Crippen LogP contribution in [0.2, 0.25) is 0 Å². The van der Waals surface area contributed by atoms with Crippen LogP contribution >= 0.6 is 0 Å². The third-order valence-corrected chi connectivity index (χ3v) is 4.16. The number of rotatable bonds is 7. The van der Waals surface area contributed by atoms with Crippen molar-refractivity contribution in [1.29, 1.82) is 0 Å². The number of nitrogens with one attached hydrogen (secondary N) is 2. The van der Waals surface area contributed by atoms with Crippen LogP contribution < -0.4 is 10.6 Å². The van der Waals surface area contributed by atoms with Gasteiger partial charge in [-0.05, 0) is 51.9 Å². The van der Waals surface area contributed by atoms with Crippen molar-refractivity contribution in [2.24, 2.45) is 4.99 Å². The van der Waals surface area contributed by atoms with Crippen LogP contribution in [0.25, 0.3) is 0 Å². The normalized spacial score (nSPS) is 18.9. The van der Waals surface area contributed by atoms with Crippen LogP contribution in [0.4, 0.5) is 0 Å². The Hall–Kier alpha value is -1.53. The summed E-state index contributed by atoms with van der Waals surface area (Å²) in [6.07, 6.45) is 2.52. The predicted molar refractivity (Wildman–Crippen MR) is 92.8 cm³/mol. The number of aryl methyl sites for hydroxylation is 1. The third-order valence-electron chi connectivity index (χ3n) is 4.16.